The molecule has 0 bridgehead atoms. The van der Waals surface area contributed by atoms with E-state index in [0.29, 0.717) is 19.7 Å². The minimum Gasteiger partial charge on any atom is -0.374 e. The monoisotopic (exact) mass is 279 g/mol. The zero-order valence-electron chi connectivity index (χ0n) is 11.5. The molecular formula is C11H25N3O3S. The average molecular weight is 279 g/mol. The highest BCUT2D eigenvalue weighted by Gasteiger charge is 2.23. The molecule has 1 aliphatic heterocycles. The van der Waals surface area contributed by atoms with Gasteiger partial charge in [0, 0.05) is 26.2 Å². The lowest BCUT2D eigenvalue weighted by Crippen LogP contribution is -2.48. The maximum atomic E-state index is 11.9. The van der Waals surface area contributed by atoms with Gasteiger partial charge in [-0.2, -0.15) is 0 Å². The molecule has 2 unspecified atom stereocenters. The zero-order chi connectivity index (χ0) is 13.6. The van der Waals surface area contributed by atoms with Crippen LogP contribution >= 0.6 is 0 Å². The Morgan fingerprint density at radius 2 is 2.22 bits per heavy atom. The molecule has 108 valence electrons. The van der Waals surface area contributed by atoms with Crippen molar-refractivity contribution < 1.29 is 13.2 Å². The van der Waals surface area contributed by atoms with Gasteiger partial charge in [0.05, 0.1) is 18.0 Å². The van der Waals surface area contributed by atoms with Gasteiger partial charge in [0.1, 0.15) is 0 Å². The molecule has 0 saturated carbocycles. The number of nitrogens with zero attached hydrogens (tertiary/aromatic N) is 1. The SMILES string of the molecule is CCNCC(C)S(=O)(=O)NCC1CN(C)CCO1. The van der Waals surface area contributed by atoms with Crippen molar-refractivity contribution in [1.29, 1.82) is 0 Å². The van der Waals surface area contributed by atoms with Crippen molar-refractivity contribution in [3.05, 3.63) is 0 Å². The second-order valence-electron chi connectivity index (χ2n) is 4.77. The average Bonchev–Trinajstić information content (AvgIpc) is 2.33. The molecule has 0 radical (unpaired) electrons. The van der Waals surface area contributed by atoms with E-state index in [0.717, 1.165) is 19.6 Å². The second-order valence-corrected chi connectivity index (χ2v) is 6.95. The molecule has 6 nitrogen and oxygen atoms in total. The summed E-state index contributed by atoms with van der Waals surface area (Å²) in [6, 6.07) is 0. The summed E-state index contributed by atoms with van der Waals surface area (Å²) in [7, 11) is -1.25. The summed E-state index contributed by atoms with van der Waals surface area (Å²) in [5.74, 6) is 0. The van der Waals surface area contributed by atoms with Crippen molar-refractivity contribution in [2.24, 2.45) is 0 Å². The van der Waals surface area contributed by atoms with Gasteiger partial charge in [-0.1, -0.05) is 6.92 Å². The smallest absolute Gasteiger partial charge is 0.215 e. The Kier molecular flexibility index (Phi) is 6.51. The molecule has 1 aliphatic rings. The molecule has 1 fully saturated rings. The Labute approximate surface area is 110 Å². The number of sulfonamides is 1. The van der Waals surface area contributed by atoms with Crippen molar-refractivity contribution >= 4 is 10.0 Å². The van der Waals surface area contributed by atoms with E-state index in [2.05, 4.69) is 14.9 Å². The second kappa shape index (κ2) is 7.40. The fraction of sp³-hybridized carbons (Fsp3) is 1.00. The van der Waals surface area contributed by atoms with E-state index in [9.17, 15) is 8.42 Å². The molecule has 0 aromatic rings. The molecule has 0 amide bonds. The lowest BCUT2D eigenvalue weighted by atomic mass is 10.3. The van der Waals surface area contributed by atoms with Gasteiger partial charge in [0.25, 0.3) is 0 Å². The van der Waals surface area contributed by atoms with Crippen LogP contribution in [-0.2, 0) is 14.8 Å². The topological polar surface area (TPSA) is 70.7 Å². The van der Waals surface area contributed by atoms with Crippen molar-refractivity contribution in [2.45, 2.75) is 25.2 Å². The number of morpholine rings is 1. The van der Waals surface area contributed by atoms with Gasteiger partial charge in [-0.25, -0.2) is 13.1 Å². The predicted octanol–water partition coefficient (Wildman–Crippen LogP) is -0.766. The molecule has 18 heavy (non-hydrogen) atoms. The highest BCUT2D eigenvalue weighted by molar-refractivity contribution is 7.90. The number of hydrogen-bond acceptors (Lipinski definition) is 5. The normalized spacial score (nSPS) is 24.1. The largest absolute Gasteiger partial charge is 0.374 e. The Balaban J connectivity index is 2.36. The Morgan fingerprint density at radius 1 is 1.50 bits per heavy atom. The van der Waals surface area contributed by atoms with E-state index < -0.39 is 15.3 Å². The number of nitrogens with one attached hydrogen (secondary N) is 2. The van der Waals surface area contributed by atoms with Gasteiger partial charge < -0.3 is 15.0 Å². The molecule has 2 N–H and O–H groups in total. The fourth-order valence-corrected chi connectivity index (χ4v) is 2.84. The lowest BCUT2D eigenvalue weighted by Gasteiger charge is -2.30. The van der Waals surface area contributed by atoms with Gasteiger partial charge in [-0.15, -0.1) is 0 Å². The fourth-order valence-electron chi connectivity index (χ4n) is 1.80. The molecule has 0 aromatic carbocycles. The van der Waals surface area contributed by atoms with Gasteiger partial charge in [-0.05, 0) is 20.5 Å². The molecule has 1 heterocycles. The predicted molar refractivity (Wildman–Crippen MR) is 72.2 cm³/mol. The van der Waals surface area contributed by atoms with Gasteiger partial charge in [0.15, 0.2) is 0 Å². The quantitative estimate of drug-likeness (QED) is 0.641. The van der Waals surface area contributed by atoms with Crippen molar-refractivity contribution in [2.75, 3.05) is 46.4 Å². The molecule has 0 aromatic heterocycles. The molecule has 0 aliphatic carbocycles. The minimum atomic E-state index is -3.26. The third-order valence-electron chi connectivity index (χ3n) is 3.07. The molecule has 0 spiro atoms. The van der Waals surface area contributed by atoms with Crippen molar-refractivity contribution in [3.8, 4) is 0 Å². The standard InChI is InChI=1S/C11H25N3O3S/c1-4-12-7-10(2)18(15,16)13-8-11-9-14(3)5-6-17-11/h10-13H,4-9H2,1-3H3. The minimum absolute atomic E-state index is 0.0511. The Bertz CT molecular complexity index is 334. The first kappa shape index (κ1) is 15.8. The number of likely N-dealkylation sites (N-methyl/N-ethyl adjacent to an activating group) is 1. The van der Waals surface area contributed by atoms with Crippen LogP contribution in [-0.4, -0.2) is 71.0 Å². The Morgan fingerprint density at radius 3 is 2.83 bits per heavy atom. The molecule has 7 heteroatoms. The maximum absolute atomic E-state index is 11.9. The molecule has 2 atom stereocenters. The summed E-state index contributed by atoms with van der Waals surface area (Å²) in [6.07, 6.45) is -0.0511. The molecular weight excluding hydrogens is 254 g/mol. The first-order chi connectivity index (χ1) is 8.45. The third-order valence-corrected chi connectivity index (χ3v) is 4.86. The van der Waals surface area contributed by atoms with E-state index in [4.69, 9.17) is 4.74 Å². The summed E-state index contributed by atoms with van der Waals surface area (Å²) >= 11 is 0. The van der Waals surface area contributed by atoms with Gasteiger partial charge in [0.2, 0.25) is 10.0 Å². The molecule has 1 saturated heterocycles. The van der Waals surface area contributed by atoms with Crippen molar-refractivity contribution in [1.82, 2.24) is 14.9 Å². The number of ether oxygens (including phenoxy) is 1. The van der Waals surface area contributed by atoms with Crippen LogP contribution in [0.4, 0.5) is 0 Å². The van der Waals surface area contributed by atoms with Crippen LogP contribution < -0.4 is 10.0 Å². The summed E-state index contributed by atoms with van der Waals surface area (Å²) in [4.78, 5) is 2.14. The lowest BCUT2D eigenvalue weighted by molar-refractivity contribution is -0.0156. The summed E-state index contributed by atoms with van der Waals surface area (Å²) in [5, 5.41) is 2.61. The van der Waals surface area contributed by atoms with E-state index in [1.54, 1.807) is 6.92 Å². The van der Waals surface area contributed by atoms with E-state index >= 15 is 0 Å². The van der Waals surface area contributed by atoms with Gasteiger partial charge >= 0.3 is 0 Å². The molecule has 1 rings (SSSR count). The van der Waals surface area contributed by atoms with Crippen LogP contribution in [0.2, 0.25) is 0 Å². The van der Waals surface area contributed by atoms with E-state index in [1.165, 1.54) is 0 Å². The van der Waals surface area contributed by atoms with Crippen LogP contribution in [0.15, 0.2) is 0 Å². The first-order valence-electron chi connectivity index (χ1n) is 6.45. The summed E-state index contributed by atoms with van der Waals surface area (Å²) < 4.78 is 32.0. The van der Waals surface area contributed by atoms with E-state index in [-0.39, 0.29) is 6.10 Å². The van der Waals surface area contributed by atoms with Crippen molar-refractivity contribution in [3.63, 3.8) is 0 Å². The third kappa shape index (κ3) is 5.19. The highest BCUT2D eigenvalue weighted by atomic mass is 32.2. The van der Waals surface area contributed by atoms with Gasteiger partial charge in [-0.3, -0.25) is 0 Å². The zero-order valence-corrected chi connectivity index (χ0v) is 12.3. The highest BCUT2D eigenvalue weighted by Crippen LogP contribution is 2.03. The summed E-state index contributed by atoms with van der Waals surface area (Å²) in [5.41, 5.74) is 0. The van der Waals surface area contributed by atoms with Crippen LogP contribution in [0.25, 0.3) is 0 Å². The maximum Gasteiger partial charge on any atom is 0.215 e. The Hall–Kier alpha value is -0.210. The summed E-state index contributed by atoms with van der Waals surface area (Å²) in [6.45, 7) is 7.59. The van der Waals surface area contributed by atoms with Crippen LogP contribution in [0.3, 0.4) is 0 Å². The van der Waals surface area contributed by atoms with Crippen LogP contribution in [0, 0.1) is 0 Å². The number of hydrogen-bond donors (Lipinski definition) is 2. The van der Waals surface area contributed by atoms with Crippen LogP contribution in [0.1, 0.15) is 13.8 Å². The van der Waals surface area contributed by atoms with E-state index in [1.807, 2.05) is 14.0 Å². The number of rotatable bonds is 7. The first-order valence-corrected chi connectivity index (χ1v) is 7.99. The van der Waals surface area contributed by atoms with Crippen LogP contribution in [0.5, 0.6) is 0 Å².